The molecular weight excluding hydrogens is 154 g/mol. The van der Waals surface area contributed by atoms with Gasteiger partial charge in [-0.3, -0.25) is 9.59 Å². The normalized spacial score (nSPS) is 24.8. The van der Waals surface area contributed by atoms with Crippen molar-refractivity contribution in [3.63, 3.8) is 0 Å². The lowest BCUT2D eigenvalue weighted by atomic mass is 9.85. The van der Waals surface area contributed by atoms with Gasteiger partial charge in [-0.2, -0.15) is 0 Å². The summed E-state index contributed by atoms with van der Waals surface area (Å²) in [6, 6.07) is 0. The topological polar surface area (TPSA) is 37.4 Å². The van der Waals surface area contributed by atoms with Crippen LogP contribution in [-0.2, 0) is 9.59 Å². The van der Waals surface area contributed by atoms with Gasteiger partial charge in [0.2, 0.25) is 5.91 Å². The molecule has 0 radical (unpaired) electrons. The highest BCUT2D eigenvalue weighted by Crippen LogP contribution is 2.27. The average Bonchev–Trinajstić information content (AvgIpc) is 2.21. The Bertz CT molecular complexity index is 221. The van der Waals surface area contributed by atoms with Crippen LogP contribution in [0.15, 0.2) is 0 Å². The third-order valence-electron chi connectivity index (χ3n) is 2.77. The van der Waals surface area contributed by atoms with Crippen molar-refractivity contribution < 1.29 is 9.59 Å². The Morgan fingerprint density at radius 2 is 2.08 bits per heavy atom. The number of hydrogen-bond donors (Lipinski definition) is 0. The summed E-state index contributed by atoms with van der Waals surface area (Å²) in [5.41, 5.74) is 0. The number of Topliss-reactive ketones (excluding diaryl/α,β-unsaturated/α-hetero) is 1. The molecule has 1 heterocycles. The van der Waals surface area contributed by atoms with Crippen LogP contribution in [0, 0.1) is 5.92 Å². The van der Waals surface area contributed by atoms with Crippen molar-refractivity contribution in [3.8, 4) is 0 Å². The fourth-order valence-corrected chi connectivity index (χ4v) is 1.79. The summed E-state index contributed by atoms with van der Waals surface area (Å²) in [7, 11) is 0. The Balaban J connectivity index is 1.86. The predicted molar refractivity (Wildman–Crippen MR) is 43.5 cm³/mol. The van der Waals surface area contributed by atoms with Gasteiger partial charge in [-0.25, -0.2) is 0 Å². The smallest absolute Gasteiger partial charge is 0.230 e. The van der Waals surface area contributed by atoms with Crippen LogP contribution in [-0.4, -0.2) is 29.7 Å². The molecule has 3 heteroatoms. The van der Waals surface area contributed by atoms with Crippen molar-refractivity contribution in [2.45, 2.75) is 25.7 Å². The van der Waals surface area contributed by atoms with E-state index in [1.54, 1.807) is 4.90 Å². The quantitative estimate of drug-likeness (QED) is 0.564. The molecular formula is C9H13NO2. The molecule has 12 heavy (non-hydrogen) atoms. The third kappa shape index (κ3) is 1.36. The molecule has 1 saturated heterocycles. The molecule has 1 aliphatic carbocycles. The summed E-state index contributed by atoms with van der Waals surface area (Å²) in [5, 5.41) is 0. The molecule has 1 saturated carbocycles. The minimum Gasteiger partial charge on any atom is -0.335 e. The summed E-state index contributed by atoms with van der Waals surface area (Å²) in [4.78, 5) is 23.8. The highest BCUT2D eigenvalue weighted by molar-refractivity contribution is 6.05. The SMILES string of the molecule is O=C1CC(=O)N(CC2CCC2)C1. The molecule has 2 fully saturated rings. The summed E-state index contributed by atoms with van der Waals surface area (Å²) >= 11 is 0. The first-order valence-electron chi connectivity index (χ1n) is 4.55. The van der Waals surface area contributed by atoms with E-state index in [0.29, 0.717) is 12.5 Å². The van der Waals surface area contributed by atoms with Crippen LogP contribution < -0.4 is 0 Å². The van der Waals surface area contributed by atoms with Crippen molar-refractivity contribution in [2.24, 2.45) is 5.92 Å². The molecule has 0 unspecified atom stereocenters. The molecule has 66 valence electrons. The summed E-state index contributed by atoms with van der Waals surface area (Å²) in [6.07, 6.45) is 3.91. The summed E-state index contributed by atoms with van der Waals surface area (Å²) in [6.45, 7) is 1.19. The van der Waals surface area contributed by atoms with Crippen molar-refractivity contribution in [2.75, 3.05) is 13.1 Å². The fourth-order valence-electron chi connectivity index (χ4n) is 1.79. The molecule has 1 aliphatic heterocycles. The monoisotopic (exact) mass is 167 g/mol. The Hall–Kier alpha value is -0.860. The van der Waals surface area contributed by atoms with Gasteiger partial charge in [-0.1, -0.05) is 6.42 Å². The second-order valence-corrected chi connectivity index (χ2v) is 3.79. The van der Waals surface area contributed by atoms with Gasteiger partial charge in [0.15, 0.2) is 5.78 Å². The summed E-state index contributed by atoms with van der Waals surface area (Å²) < 4.78 is 0. The van der Waals surface area contributed by atoms with Crippen molar-refractivity contribution >= 4 is 11.7 Å². The maximum absolute atomic E-state index is 11.2. The van der Waals surface area contributed by atoms with E-state index in [4.69, 9.17) is 0 Å². The Morgan fingerprint density at radius 3 is 2.50 bits per heavy atom. The molecule has 1 amide bonds. The Morgan fingerprint density at radius 1 is 1.33 bits per heavy atom. The first kappa shape index (κ1) is 7.77. The molecule has 0 bridgehead atoms. The molecule has 3 nitrogen and oxygen atoms in total. The Kier molecular flexibility index (Phi) is 1.87. The van der Waals surface area contributed by atoms with Crippen molar-refractivity contribution in [1.29, 1.82) is 0 Å². The van der Waals surface area contributed by atoms with E-state index in [9.17, 15) is 9.59 Å². The first-order chi connectivity index (χ1) is 5.75. The van der Waals surface area contributed by atoms with E-state index >= 15 is 0 Å². The van der Waals surface area contributed by atoms with E-state index in [1.165, 1.54) is 19.3 Å². The van der Waals surface area contributed by atoms with Gasteiger partial charge in [0.25, 0.3) is 0 Å². The van der Waals surface area contributed by atoms with Crippen LogP contribution in [0.4, 0.5) is 0 Å². The lowest BCUT2D eigenvalue weighted by Gasteiger charge is -2.29. The van der Waals surface area contributed by atoms with Crippen LogP contribution in [0.3, 0.4) is 0 Å². The third-order valence-corrected chi connectivity index (χ3v) is 2.77. The standard InChI is InChI=1S/C9H13NO2/c11-8-4-9(12)10(6-8)5-7-2-1-3-7/h7H,1-6H2. The highest BCUT2D eigenvalue weighted by Gasteiger charge is 2.30. The molecule has 0 spiro atoms. The number of hydrogen-bond acceptors (Lipinski definition) is 2. The maximum Gasteiger partial charge on any atom is 0.230 e. The molecule has 2 aliphatic rings. The van der Waals surface area contributed by atoms with Gasteiger partial charge in [0, 0.05) is 6.54 Å². The predicted octanol–water partition coefficient (Wildman–Crippen LogP) is 0.588. The van der Waals surface area contributed by atoms with Gasteiger partial charge in [-0.05, 0) is 18.8 Å². The fraction of sp³-hybridized carbons (Fsp3) is 0.778. The molecule has 2 rings (SSSR count). The van der Waals surface area contributed by atoms with E-state index in [2.05, 4.69) is 0 Å². The lowest BCUT2D eigenvalue weighted by molar-refractivity contribution is -0.128. The molecule has 0 aromatic carbocycles. The van der Waals surface area contributed by atoms with Crippen molar-refractivity contribution in [3.05, 3.63) is 0 Å². The minimum atomic E-state index is 0.0342. The van der Waals surface area contributed by atoms with E-state index < -0.39 is 0 Å². The second kappa shape index (κ2) is 2.88. The van der Waals surface area contributed by atoms with Gasteiger partial charge in [0.05, 0.1) is 13.0 Å². The average molecular weight is 167 g/mol. The lowest BCUT2D eigenvalue weighted by Crippen LogP contribution is -2.33. The second-order valence-electron chi connectivity index (χ2n) is 3.79. The zero-order chi connectivity index (χ0) is 8.55. The van der Waals surface area contributed by atoms with Crippen LogP contribution in [0.25, 0.3) is 0 Å². The van der Waals surface area contributed by atoms with Gasteiger partial charge < -0.3 is 4.90 Å². The number of carbonyl (C=O) groups excluding carboxylic acids is 2. The number of likely N-dealkylation sites (tertiary alicyclic amines) is 1. The van der Waals surface area contributed by atoms with Crippen molar-refractivity contribution in [1.82, 2.24) is 4.90 Å². The highest BCUT2D eigenvalue weighted by atomic mass is 16.2. The van der Waals surface area contributed by atoms with Crippen LogP contribution in [0.1, 0.15) is 25.7 Å². The van der Waals surface area contributed by atoms with Crippen LogP contribution in [0.5, 0.6) is 0 Å². The Labute approximate surface area is 71.7 Å². The number of amides is 1. The van der Waals surface area contributed by atoms with Crippen LogP contribution >= 0.6 is 0 Å². The van der Waals surface area contributed by atoms with E-state index in [-0.39, 0.29) is 18.1 Å². The molecule has 0 aromatic heterocycles. The van der Waals surface area contributed by atoms with Gasteiger partial charge in [0.1, 0.15) is 0 Å². The van der Waals surface area contributed by atoms with Gasteiger partial charge >= 0.3 is 0 Å². The molecule has 0 N–H and O–H groups in total. The van der Waals surface area contributed by atoms with E-state index in [1.807, 2.05) is 0 Å². The number of nitrogens with zero attached hydrogens (tertiary/aromatic N) is 1. The largest absolute Gasteiger partial charge is 0.335 e. The number of rotatable bonds is 2. The molecule has 0 atom stereocenters. The molecule has 0 aromatic rings. The van der Waals surface area contributed by atoms with Crippen LogP contribution in [0.2, 0.25) is 0 Å². The van der Waals surface area contributed by atoms with Gasteiger partial charge in [-0.15, -0.1) is 0 Å². The maximum atomic E-state index is 11.2. The first-order valence-corrected chi connectivity index (χ1v) is 4.55. The minimum absolute atomic E-state index is 0.0342. The van der Waals surface area contributed by atoms with E-state index in [0.717, 1.165) is 6.54 Å². The zero-order valence-corrected chi connectivity index (χ0v) is 7.08. The number of ketones is 1. The zero-order valence-electron chi connectivity index (χ0n) is 7.08. The number of carbonyl (C=O) groups is 2. The summed E-state index contributed by atoms with van der Waals surface area (Å²) in [5.74, 6) is 0.797.